The van der Waals surface area contributed by atoms with Gasteiger partial charge in [0.05, 0.1) is 12.3 Å². The third-order valence-electron chi connectivity index (χ3n) is 2.76. The van der Waals surface area contributed by atoms with Crippen LogP contribution in [0.25, 0.3) is 11.5 Å². The van der Waals surface area contributed by atoms with Crippen molar-refractivity contribution < 1.29 is 22.7 Å². The molecule has 0 aliphatic rings. The van der Waals surface area contributed by atoms with Gasteiger partial charge in [0.25, 0.3) is 0 Å². The number of ether oxygens (including phenoxy) is 1. The second-order valence-electron chi connectivity index (χ2n) is 4.21. The van der Waals surface area contributed by atoms with E-state index in [1.165, 1.54) is 19.9 Å². The SMILES string of the molecule is CCOC(=O)c1oc(-c2c(F)ccc(C)c2F)nc1C. The summed E-state index contributed by atoms with van der Waals surface area (Å²) in [6.07, 6.45) is 0. The number of benzene rings is 1. The molecular weight excluding hydrogens is 268 g/mol. The number of aromatic nitrogens is 1. The number of rotatable bonds is 3. The van der Waals surface area contributed by atoms with Gasteiger partial charge in [-0.3, -0.25) is 0 Å². The highest BCUT2D eigenvalue weighted by atomic mass is 19.1. The second-order valence-corrected chi connectivity index (χ2v) is 4.21. The molecule has 1 aromatic heterocycles. The summed E-state index contributed by atoms with van der Waals surface area (Å²) in [4.78, 5) is 15.5. The van der Waals surface area contributed by atoms with Gasteiger partial charge in [0, 0.05) is 0 Å². The Morgan fingerprint density at radius 3 is 2.70 bits per heavy atom. The van der Waals surface area contributed by atoms with Crippen LogP contribution in [0.5, 0.6) is 0 Å². The number of carbonyl (C=O) groups is 1. The number of nitrogens with zero attached hydrogens (tertiary/aromatic N) is 1. The summed E-state index contributed by atoms with van der Waals surface area (Å²) in [5, 5.41) is 0. The first-order valence-electron chi connectivity index (χ1n) is 6.05. The van der Waals surface area contributed by atoms with Crippen molar-refractivity contribution in [2.75, 3.05) is 6.61 Å². The van der Waals surface area contributed by atoms with Crippen LogP contribution in [0.3, 0.4) is 0 Å². The molecule has 0 fully saturated rings. The predicted molar refractivity (Wildman–Crippen MR) is 67.3 cm³/mol. The van der Waals surface area contributed by atoms with E-state index >= 15 is 0 Å². The lowest BCUT2D eigenvalue weighted by Gasteiger charge is -2.03. The van der Waals surface area contributed by atoms with E-state index in [1.54, 1.807) is 6.92 Å². The normalized spacial score (nSPS) is 10.7. The van der Waals surface area contributed by atoms with Crippen molar-refractivity contribution in [3.8, 4) is 11.5 Å². The Labute approximate surface area is 114 Å². The minimum atomic E-state index is -0.801. The lowest BCUT2D eigenvalue weighted by Crippen LogP contribution is -2.04. The van der Waals surface area contributed by atoms with Crippen LogP contribution >= 0.6 is 0 Å². The van der Waals surface area contributed by atoms with E-state index < -0.39 is 17.6 Å². The van der Waals surface area contributed by atoms with Gasteiger partial charge in [0.15, 0.2) is 0 Å². The quantitative estimate of drug-likeness (QED) is 0.809. The molecule has 2 aromatic rings. The lowest BCUT2D eigenvalue weighted by molar-refractivity contribution is 0.0490. The van der Waals surface area contributed by atoms with Gasteiger partial charge in [-0.2, -0.15) is 0 Å². The molecule has 0 aliphatic heterocycles. The fourth-order valence-electron chi connectivity index (χ4n) is 1.74. The summed E-state index contributed by atoms with van der Waals surface area (Å²) in [5.74, 6) is -2.70. The molecule has 106 valence electrons. The number of carbonyl (C=O) groups excluding carboxylic acids is 1. The van der Waals surface area contributed by atoms with Crippen LogP contribution in [-0.4, -0.2) is 17.6 Å². The Bertz CT molecular complexity index is 665. The molecule has 0 radical (unpaired) electrons. The van der Waals surface area contributed by atoms with E-state index in [0.717, 1.165) is 6.07 Å². The Morgan fingerprint density at radius 2 is 2.05 bits per heavy atom. The fraction of sp³-hybridized carbons (Fsp3) is 0.286. The van der Waals surface area contributed by atoms with Gasteiger partial charge >= 0.3 is 5.97 Å². The highest BCUT2D eigenvalue weighted by molar-refractivity contribution is 5.88. The van der Waals surface area contributed by atoms with Crippen LogP contribution in [0, 0.1) is 25.5 Å². The standard InChI is InChI=1S/C14H13F2NO3/c1-4-19-14(18)12-8(3)17-13(20-12)10-9(15)6-5-7(2)11(10)16/h5-6H,4H2,1-3H3. The van der Waals surface area contributed by atoms with E-state index in [-0.39, 0.29) is 35.1 Å². The number of oxazole rings is 1. The summed E-state index contributed by atoms with van der Waals surface area (Å²) >= 11 is 0. The highest BCUT2D eigenvalue weighted by Crippen LogP contribution is 2.29. The first-order valence-corrected chi connectivity index (χ1v) is 6.05. The molecular formula is C14H13F2NO3. The zero-order chi connectivity index (χ0) is 14.9. The Balaban J connectivity index is 2.53. The first kappa shape index (κ1) is 14.2. The van der Waals surface area contributed by atoms with Crippen LogP contribution < -0.4 is 0 Å². The summed E-state index contributed by atoms with van der Waals surface area (Å²) in [5.41, 5.74) is 0.0948. The molecule has 0 aliphatic carbocycles. The zero-order valence-electron chi connectivity index (χ0n) is 11.3. The number of esters is 1. The minimum absolute atomic E-state index is 0.151. The van der Waals surface area contributed by atoms with Crippen LogP contribution in [0.4, 0.5) is 8.78 Å². The van der Waals surface area contributed by atoms with E-state index in [1.807, 2.05) is 0 Å². The third-order valence-corrected chi connectivity index (χ3v) is 2.76. The maximum Gasteiger partial charge on any atom is 0.376 e. The molecule has 2 rings (SSSR count). The second kappa shape index (κ2) is 5.40. The fourth-order valence-corrected chi connectivity index (χ4v) is 1.74. The smallest absolute Gasteiger partial charge is 0.376 e. The van der Waals surface area contributed by atoms with Crippen molar-refractivity contribution in [2.45, 2.75) is 20.8 Å². The van der Waals surface area contributed by atoms with Gasteiger partial charge in [-0.1, -0.05) is 6.07 Å². The topological polar surface area (TPSA) is 52.3 Å². The average molecular weight is 281 g/mol. The molecule has 0 bridgehead atoms. The molecule has 0 spiro atoms. The van der Waals surface area contributed by atoms with Crippen LogP contribution in [0.2, 0.25) is 0 Å². The maximum absolute atomic E-state index is 14.0. The van der Waals surface area contributed by atoms with Crippen molar-refractivity contribution >= 4 is 5.97 Å². The maximum atomic E-state index is 14.0. The van der Waals surface area contributed by atoms with Gasteiger partial charge in [-0.25, -0.2) is 18.6 Å². The van der Waals surface area contributed by atoms with Gasteiger partial charge in [0.1, 0.15) is 17.2 Å². The highest BCUT2D eigenvalue weighted by Gasteiger charge is 2.24. The minimum Gasteiger partial charge on any atom is -0.460 e. The number of halogens is 2. The number of hydrogen-bond acceptors (Lipinski definition) is 4. The average Bonchev–Trinajstić information content (AvgIpc) is 2.77. The van der Waals surface area contributed by atoms with E-state index in [0.29, 0.717) is 0 Å². The zero-order valence-corrected chi connectivity index (χ0v) is 11.3. The monoisotopic (exact) mass is 281 g/mol. The summed E-state index contributed by atoms with van der Waals surface area (Å²) in [6.45, 7) is 4.82. The van der Waals surface area contributed by atoms with Gasteiger partial charge in [-0.05, 0) is 32.4 Å². The van der Waals surface area contributed by atoms with E-state index in [2.05, 4.69) is 4.98 Å². The third kappa shape index (κ3) is 2.41. The molecule has 1 aromatic carbocycles. The van der Waals surface area contributed by atoms with Crippen LogP contribution in [-0.2, 0) is 4.74 Å². The van der Waals surface area contributed by atoms with Crippen molar-refractivity contribution in [1.82, 2.24) is 4.98 Å². The van der Waals surface area contributed by atoms with Crippen LogP contribution in [0.15, 0.2) is 16.5 Å². The molecule has 20 heavy (non-hydrogen) atoms. The number of aryl methyl sites for hydroxylation is 2. The first-order chi connectivity index (χ1) is 9.45. The molecule has 0 amide bonds. The molecule has 1 heterocycles. The summed E-state index contributed by atoms with van der Waals surface area (Å²) < 4.78 is 37.7. The van der Waals surface area contributed by atoms with Crippen molar-refractivity contribution in [2.24, 2.45) is 0 Å². The Morgan fingerprint density at radius 1 is 1.35 bits per heavy atom. The van der Waals surface area contributed by atoms with Crippen molar-refractivity contribution in [3.63, 3.8) is 0 Å². The molecule has 0 atom stereocenters. The molecule has 0 saturated carbocycles. The van der Waals surface area contributed by atoms with Gasteiger partial charge < -0.3 is 9.15 Å². The number of hydrogen-bond donors (Lipinski definition) is 0. The predicted octanol–water partition coefficient (Wildman–Crippen LogP) is 3.41. The molecule has 0 saturated heterocycles. The molecule has 0 unspecified atom stereocenters. The van der Waals surface area contributed by atoms with Crippen LogP contribution in [0.1, 0.15) is 28.7 Å². The lowest BCUT2D eigenvalue weighted by atomic mass is 10.1. The van der Waals surface area contributed by atoms with Gasteiger partial charge in [-0.15, -0.1) is 0 Å². The van der Waals surface area contributed by atoms with Crippen molar-refractivity contribution in [3.05, 3.63) is 40.8 Å². The van der Waals surface area contributed by atoms with E-state index in [9.17, 15) is 13.6 Å². The summed E-state index contributed by atoms with van der Waals surface area (Å²) in [6, 6.07) is 2.44. The molecule has 6 heteroatoms. The molecule has 0 N–H and O–H groups in total. The Hall–Kier alpha value is -2.24. The van der Waals surface area contributed by atoms with Crippen molar-refractivity contribution in [1.29, 1.82) is 0 Å². The van der Waals surface area contributed by atoms with E-state index in [4.69, 9.17) is 9.15 Å². The van der Waals surface area contributed by atoms with Gasteiger partial charge in [0.2, 0.25) is 11.7 Å². The summed E-state index contributed by atoms with van der Waals surface area (Å²) in [7, 11) is 0. The largest absolute Gasteiger partial charge is 0.460 e. The molecule has 4 nitrogen and oxygen atoms in total. The Kier molecular flexibility index (Phi) is 3.83.